The lowest BCUT2D eigenvalue weighted by Crippen LogP contribution is -2.01. The normalized spacial score (nSPS) is 10.5. The molecule has 1 N–H and O–H groups in total. The van der Waals surface area contributed by atoms with Crippen LogP contribution in [-0.4, -0.2) is 27.3 Å². The molecular formula is C21H19N5O2. The molecule has 0 unspecified atom stereocenters. The third-order valence-electron chi connectivity index (χ3n) is 4.14. The van der Waals surface area contributed by atoms with E-state index in [1.54, 1.807) is 11.8 Å². The lowest BCUT2D eigenvalue weighted by molar-refractivity contribution is 0.415. The molecule has 0 bridgehead atoms. The molecule has 0 saturated carbocycles. The number of anilines is 1. The number of tetrazole rings is 1. The largest absolute Gasteiger partial charge is 0.497 e. The predicted molar refractivity (Wildman–Crippen MR) is 106 cm³/mol. The van der Waals surface area contributed by atoms with Gasteiger partial charge in [0.05, 0.1) is 12.8 Å². The van der Waals surface area contributed by atoms with Gasteiger partial charge in [-0.1, -0.05) is 35.4 Å². The average Bonchev–Trinajstić information content (AvgIpc) is 3.21. The first-order valence-electron chi connectivity index (χ1n) is 8.80. The Hall–Kier alpha value is -3.87. The lowest BCUT2D eigenvalue weighted by Gasteiger charge is -2.10. The summed E-state index contributed by atoms with van der Waals surface area (Å²) in [6.07, 6.45) is 0. The molecule has 4 rings (SSSR count). The zero-order chi connectivity index (χ0) is 19.2. The third-order valence-corrected chi connectivity index (χ3v) is 4.14. The van der Waals surface area contributed by atoms with Crippen LogP contribution < -0.4 is 14.8 Å². The quantitative estimate of drug-likeness (QED) is 0.526. The summed E-state index contributed by atoms with van der Waals surface area (Å²) in [7, 11) is 1.65. The number of rotatable bonds is 7. The van der Waals surface area contributed by atoms with Gasteiger partial charge in [-0.05, 0) is 64.5 Å². The van der Waals surface area contributed by atoms with Crippen LogP contribution >= 0.6 is 0 Å². The number of methoxy groups -OCH3 is 1. The molecule has 0 spiro atoms. The van der Waals surface area contributed by atoms with Crippen molar-refractivity contribution in [1.82, 2.24) is 20.2 Å². The fraction of sp³-hybridized carbons (Fsp3) is 0.0952. The van der Waals surface area contributed by atoms with E-state index in [0.717, 1.165) is 22.7 Å². The summed E-state index contributed by atoms with van der Waals surface area (Å²) in [5, 5.41) is 15.1. The molecule has 0 amide bonds. The van der Waals surface area contributed by atoms with Crippen LogP contribution in [0.2, 0.25) is 0 Å². The minimum Gasteiger partial charge on any atom is -0.497 e. The molecular weight excluding hydrogens is 354 g/mol. The van der Waals surface area contributed by atoms with Crippen molar-refractivity contribution in [1.29, 1.82) is 0 Å². The zero-order valence-corrected chi connectivity index (χ0v) is 15.3. The van der Waals surface area contributed by atoms with E-state index >= 15 is 0 Å². The second kappa shape index (κ2) is 8.22. The van der Waals surface area contributed by atoms with E-state index in [9.17, 15) is 0 Å². The molecule has 0 fully saturated rings. The molecule has 1 aromatic heterocycles. The topological polar surface area (TPSA) is 74.1 Å². The summed E-state index contributed by atoms with van der Waals surface area (Å²) in [4.78, 5) is 0. The summed E-state index contributed by atoms with van der Waals surface area (Å²) in [6, 6.07) is 25.5. The van der Waals surface area contributed by atoms with Crippen molar-refractivity contribution in [2.24, 2.45) is 0 Å². The highest BCUT2D eigenvalue weighted by Crippen LogP contribution is 2.23. The maximum absolute atomic E-state index is 5.91. The SMILES string of the molecule is COc1ccc(NCc2cccc(Oc3nnnn3-c3ccccc3)c2)cc1. The Labute approximate surface area is 162 Å². The second-order valence-corrected chi connectivity index (χ2v) is 6.04. The van der Waals surface area contributed by atoms with Crippen LogP contribution in [0.1, 0.15) is 5.56 Å². The summed E-state index contributed by atoms with van der Waals surface area (Å²) in [5.41, 5.74) is 2.92. The maximum atomic E-state index is 5.91. The van der Waals surface area contributed by atoms with Crippen molar-refractivity contribution in [2.45, 2.75) is 6.54 Å². The smallest absolute Gasteiger partial charge is 0.345 e. The fourth-order valence-electron chi connectivity index (χ4n) is 2.71. The Morgan fingerprint density at radius 1 is 0.893 bits per heavy atom. The van der Waals surface area contributed by atoms with Crippen molar-refractivity contribution in [2.75, 3.05) is 12.4 Å². The highest BCUT2D eigenvalue weighted by Gasteiger charge is 2.10. The molecule has 0 saturated heterocycles. The molecule has 0 radical (unpaired) electrons. The van der Waals surface area contributed by atoms with Gasteiger partial charge in [0.2, 0.25) is 0 Å². The number of nitrogens with one attached hydrogen (secondary N) is 1. The number of hydrogen-bond acceptors (Lipinski definition) is 6. The second-order valence-electron chi connectivity index (χ2n) is 6.04. The number of para-hydroxylation sites is 1. The van der Waals surface area contributed by atoms with Crippen molar-refractivity contribution in [3.63, 3.8) is 0 Å². The molecule has 1 heterocycles. The molecule has 0 aliphatic rings. The molecule has 7 heteroatoms. The van der Waals surface area contributed by atoms with E-state index in [-0.39, 0.29) is 0 Å². The van der Waals surface area contributed by atoms with E-state index < -0.39 is 0 Å². The van der Waals surface area contributed by atoms with Crippen molar-refractivity contribution in [3.05, 3.63) is 84.4 Å². The first kappa shape index (κ1) is 17.5. The van der Waals surface area contributed by atoms with Crippen molar-refractivity contribution in [3.8, 4) is 23.2 Å². The maximum Gasteiger partial charge on any atom is 0.345 e. The number of aromatic nitrogens is 4. The summed E-state index contributed by atoms with van der Waals surface area (Å²) < 4.78 is 12.6. The van der Waals surface area contributed by atoms with Gasteiger partial charge in [-0.3, -0.25) is 0 Å². The van der Waals surface area contributed by atoms with Gasteiger partial charge in [0.1, 0.15) is 11.5 Å². The first-order chi connectivity index (χ1) is 13.8. The number of benzene rings is 3. The molecule has 0 atom stereocenters. The standard InChI is InChI=1S/C21H19N5O2/c1-27-19-12-10-17(11-13-19)22-15-16-6-5-9-20(14-16)28-21-23-24-25-26(21)18-7-3-2-4-8-18/h2-14,22H,15H2,1H3. The van der Waals surface area contributed by atoms with Gasteiger partial charge in [0.15, 0.2) is 0 Å². The molecule has 0 aliphatic carbocycles. The number of ether oxygens (including phenoxy) is 2. The third kappa shape index (κ3) is 4.09. The number of hydrogen-bond donors (Lipinski definition) is 1. The van der Waals surface area contributed by atoms with Crippen LogP contribution in [0.3, 0.4) is 0 Å². The van der Waals surface area contributed by atoms with E-state index in [1.165, 1.54) is 0 Å². The van der Waals surface area contributed by atoms with Crippen LogP contribution in [0.15, 0.2) is 78.9 Å². The summed E-state index contributed by atoms with van der Waals surface area (Å²) in [6.45, 7) is 0.660. The molecule has 140 valence electrons. The van der Waals surface area contributed by atoms with Gasteiger partial charge < -0.3 is 14.8 Å². The fourth-order valence-corrected chi connectivity index (χ4v) is 2.71. The Bertz CT molecular complexity index is 1030. The van der Waals surface area contributed by atoms with Gasteiger partial charge in [-0.15, -0.1) is 0 Å². The molecule has 28 heavy (non-hydrogen) atoms. The van der Waals surface area contributed by atoms with E-state index in [2.05, 4.69) is 20.8 Å². The Morgan fingerprint density at radius 3 is 2.50 bits per heavy atom. The van der Waals surface area contributed by atoms with Crippen LogP contribution in [0.4, 0.5) is 5.69 Å². The van der Waals surface area contributed by atoms with Gasteiger partial charge >= 0.3 is 6.01 Å². The van der Waals surface area contributed by atoms with Gasteiger partial charge in [0.25, 0.3) is 0 Å². The van der Waals surface area contributed by atoms with Gasteiger partial charge in [0, 0.05) is 12.2 Å². The lowest BCUT2D eigenvalue weighted by atomic mass is 10.2. The molecule has 3 aromatic carbocycles. The zero-order valence-electron chi connectivity index (χ0n) is 15.3. The van der Waals surface area contributed by atoms with Crippen molar-refractivity contribution >= 4 is 5.69 Å². The van der Waals surface area contributed by atoms with Gasteiger partial charge in [-0.2, -0.15) is 4.68 Å². The summed E-state index contributed by atoms with van der Waals surface area (Å²) >= 11 is 0. The van der Waals surface area contributed by atoms with E-state index in [4.69, 9.17) is 9.47 Å². The first-order valence-corrected chi connectivity index (χ1v) is 8.80. The monoisotopic (exact) mass is 373 g/mol. The highest BCUT2D eigenvalue weighted by molar-refractivity contribution is 5.47. The van der Waals surface area contributed by atoms with Gasteiger partial charge in [-0.25, -0.2) is 0 Å². The van der Waals surface area contributed by atoms with Crippen LogP contribution in [-0.2, 0) is 6.54 Å². The van der Waals surface area contributed by atoms with E-state index in [0.29, 0.717) is 18.3 Å². The minimum absolute atomic E-state index is 0.312. The molecule has 4 aromatic rings. The van der Waals surface area contributed by atoms with Crippen LogP contribution in [0.5, 0.6) is 17.5 Å². The Morgan fingerprint density at radius 2 is 1.71 bits per heavy atom. The molecule has 7 nitrogen and oxygen atoms in total. The molecule has 0 aliphatic heterocycles. The highest BCUT2D eigenvalue weighted by atomic mass is 16.5. The summed E-state index contributed by atoms with van der Waals surface area (Å²) in [5.74, 6) is 1.50. The average molecular weight is 373 g/mol. The van der Waals surface area contributed by atoms with Crippen LogP contribution in [0, 0.1) is 0 Å². The minimum atomic E-state index is 0.312. The Balaban J connectivity index is 1.45. The predicted octanol–water partition coefficient (Wildman–Crippen LogP) is 4.08. The van der Waals surface area contributed by atoms with Crippen LogP contribution in [0.25, 0.3) is 5.69 Å². The number of nitrogens with zero attached hydrogens (tertiary/aromatic N) is 4. The Kier molecular flexibility index (Phi) is 5.15. The van der Waals surface area contributed by atoms with E-state index in [1.807, 2.05) is 78.9 Å². The van der Waals surface area contributed by atoms with Crippen molar-refractivity contribution < 1.29 is 9.47 Å².